The summed E-state index contributed by atoms with van der Waals surface area (Å²) in [5.41, 5.74) is 1.16. The maximum atomic E-state index is 13.3. The first-order chi connectivity index (χ1) is 14.5. The Bertz CT molecular complexity index is 1090. The van der Waals surface area contributed by atoms with Gasteiger partial charge in [-0.2, -0.15) is 4.98 Å². The molecule has 0 radical (unpaired) electrons. The van der Waals surface area contributed by atoms with Crippen LogP contribution in [0.1, 0.15) is 25.2 Å². The van der Waals surface area contributed by atoms with Crippen LogP contribution in [0.5, 0.6) is 11.5 Å². The molecule has 1 saturated heterocycles. The van der Waals surface area contributed by atoms with Crippen molar-refractivity contribution in [1.29, 1.82) is 0 Å². The molecule has 1 amide bonds. The number of benzene rings is 2. The van der Waals surface area contributed by atoms with Crippen LogP contribution in [0.25, 0.3) is 11.4 Å². The van der Waals surface area contributed by atoms with E-state index in [0.29, 0.717) is 47.6 Å². The van der Waals surface area contributed by atoms with Crippen molar-refractivity contribution in [3.05, 3.63) is 53.1 Å². The largest absolute Gasteiger partial charge is 0.493 e. The quantitative estimate of drug-likeness (QED) is 0.573. The fourth-order valence-corrected chi connectivity index (χ4v) is 3.67. The molecule has 156 valence electrons. The second-order valence-corrected chi connectivity index (χ2v) is 7.16. The van der Waals surface area contributed by atoms with E-state index in [4.69, 9.17) is 25.6 Å². The molecule has 0 spiro atoms. The van der Waals surface area contributed by atoms with Gasteiger partial charge in [0.1, 0.15) is 5.82 Å². The van der Waals surface area contributed by atoms with Crippen molar-refractivity contribution in [2.24, 2.45) is 0 Å². The van der Waals surface area contributed by atoms with Crippen LogP contribution in [0, 0.1) is 5.82 Å². The van der Waals surface area contributed by atoms with Gasteiger partial charge in [0.25, 0.3) is 0 Å². The van der Waals surface area contributed by atoms with Crippen molar-refractivity contribution >= 4 is 23.2 Å². The molecule has 2 aromatic carbocycles. The highest BCUT2D eigenvalue weighted by Gasteiger charge is 2.36. The van der Waals surface area contributed by atoms with Crippen LogP contribution in [0.2, 0.25) is 5.02 Å². The average molecular weight is 432 g/mol. The summed E-state index contributed by atoms with van der Waals surface area (Å²) < 4.78 is 29.6. The first-order valence-corrected chi connectivity index (χ1v) is 9.78. The Hall–Kier alpha value is -3.13. The third kappa shape index (κ3) is 3.82. The molecular formula is C21H19ClFN3O4. The van der Waals surface area contributed by atoms with Gasteiger partial charge in [-0.15, -0.1) is 0 Å². The van der Waals surface area contributed by atoms with Gasteiger partial charge in [-0.1, -0.05) is 16.8 Å². The molecule has 4 rings (SSSR count). The van der Waals surface area contributed by atoms with Gasteiger partial charge in [-0.25, -0.2) is 4.39 Å². The molecule has 30 heavy (non-hydrogen) atoms. The zero-order chi connectivity index (χ0) is 21.3. The topological polar surface area (TPSA) is 77.7 Å². The number of anilines is 1. The summed E-state index contributed by atoms with van der Waals surface area (Å²) in [5.74, 6) is 1.04. The average Bonchev–Trinajstić information content (AvgIpc) is 3.36. The van der Waals surface area contributed by atoms with Crippen molar-refractivity contribution < 1.29 is 23.2 Å². The Kier molecular flexibility index (Phi) is 5.59. The number of carbonyl (C=O) groups excluding carboxylic acids is 1. The summed E-state index contributed by atoms with van der Waals surface area (Å²) >= 11 is 6.11. The monoisotopic (exact) mass is 431 g/mol. The Morgan fingerprint density at radius 2 is 2.10 bits per heavy atom. The number of methoxy groups -OCH3 is 1. The van der Waals surface area contributed by atoms with Crippen LogP contribution < -0.4 is 14.4 Å². The summed E-state index contributed by atoms with van der Waals surface area (Å²) in [5, 5.41) is 4.22. The number of hydrogen-bond donors (Lipinski definition) is 0. The molecule has 1 fully saturated rings. The molecule has 1 aliphatic heterocycles. The van der Waals surface area contributed by atoms with E-state index in [9.17, 15) is 9.18 Å². The summed E-state index contributed by atoms with van der Waals surface area (Å²) in [6.07, 6.45) is 0.196. The third-order valence-corrected chi connectivity index (χ3v) is 5.14. The van der Waals surface area contributed by atoms with E-state index in [1.165, 1.54) is 23.1 Å². The highest BCUT2D eigenvalue weighted by molar-refractivity contribution is 6.33. The van der Waals surface area contributed by atoms with E-state index in [1.807, 2.05) is 13.0 Å². The van der Waals surface area contributed by atoms with Gasteiger partial charge >= 0.3 is 0 Å². The minimum absolute atomic E-state index is 0.143. The number of rotatable bonds is 6. The molecule has 2 heterocycles. The van der Waals surface area contributed by atoms with Crippen molar-refractivity contribution in [3.63, 3.8) is 0 Å². The summed E-state index contributed by atoms with van der Waals surface area (Å²) in [7, 11) is 1.56. The van der Waals surface area contributed by atoms with Crippen LogP contribution in [0.15, 0.2) is 40.9 Å². The van der Waals surface area contributed by atoms with E-state index in [-0.39, 0.29) is 23.3 Å². The van der Waals surface area contributed by atoms with Gasteiger partial charge in [-0.05, 0) is 43.3 Å². The Morgan fingerprint density at radius 3 is 2.83 bits per heavy atom. The number of amides is 1. The Balaban J connectivity index is 1.55. The first-order valence-electron chi connectivity index (χ1n) is 9.40. The maximum absolute atomic E-state index is 13.3. The molecule has 1 unspecified atom stereocenters. The fraction of sp³-hybridized carbons (Fsp3) is 0.286. The number of aromatic nitrogens is 2. The van der Waals surface area contributed by atoms with E-state index in [2.05, 4.69) is 10.1 Å². The van der Waals surface area contributed by atoms with Gasteiger partial charge in [0.2, 0.25) is 17.6 Å². The van der Waals surface area contributed by atoms with Crippen molar-refractivity contribution in [2.45, 2.75) is 19.3 Å². The van der Waals surface area contributed by atoms with Crippen LogP contribution in [-0.4, -0.2) is 36.3 Å². The van der Waals surface area contributed by atoms with Crippen LogP contribution in [0.4, 0.5) is 10.1 Å². The zero-order valence-corrected chi connectivity index (χ0v) is 17.1. The van der Waals surface area contributed by atoms with Gasteiger partial charge in [0, 0.05) is 18.5 Å². The fourth-order valence-electron chi connectivity index (χ4n) is 3.41. The number of halogens is 2. The molecule has 7 nitrogen and oxygen atoms in total. The summed E-state index contributed by atoms with van der Waals surface area (Å²) in [4.78, 5) is 18.5. The lowest BCUT2D eigenvalue weighted by Gasteiger charge is -2.17. The second kappa shape index (κ2) is 8.31. The normalized spacial score (nSPS) is 16.2. The van der Waals surface area contributed by atoms with Crippen molar-refractivity contribution in [3.8, 4) is 22.9 Å². The smallest absolute Gasteiger partial charge is 0.232 e. The highest BCUT2D eigenvalue weighted by atomic mass is 35.5. The number of nitrogens with zero attached hydrogens (tertiary/aromatic N) is 3. The lowest BCUT2D eigenvalue weighted by atomic mass is 10.1. The molecule has 1 atom stereocenters. The van der Waals surface area contributed by atoms with Gasteiger partial charge in [0.15, 0.2) is 11.5 Å². The van der Waals surface area contributed by atoms with E-state index >= 15 is 0 Å². The highest BCUT2D eigenvalue weighted by Crippen LogP contribution is 2.36. The van der Waals surface area contributed by atoms with Crippen molar-refractivity contribution in [2.75, 3.05) is 25.2 Å². The lowest BCUT2D eigenvalue weighted by molar-refractivity contribution is -0.117. The molecule has 0 N–H and O–H groups in total. The standard InChI is InChI=1S/C21H19ClFN3O4/c1-3-29-17-7-4-12(8-18(17)28-2)20-24-21(30-25-20)13-9-19(27)26(11-13)16-6-5-14(23)10-15(16)22/h4-8,10,13H,3,9,11H2,1-2H3. The van der Waals surface area contributed by atoms with Gasteiger partial charge < -0.3 is 18.9 Å². The Morgan fingerprint density at radius 1 is 1.27 bits per heavy atom. The van der Waals surface area contributed by atoms with Crippen LogP contribution in [0.3, 0.4) is 0 Å². The third-order valence-electron chi connectivity index (χ3n) is 4.84. The SMILES string of the molecule is CCOc1ccc(-c2noc(C3CC(=O)N(c4ccc(F)cc4Cl)C3)n2)cc1OC. The number of ether oxygens (including phenoxy) is 2. The van der Waals surface area contributed by atoms with E-state index < -0.39 is 5.82 Å². The molecule has 9 heteroatoms. The molecule has 1 aliphatic rings. The van der Waals surface area contributed by atoms with Crippen LogP contribution in [-0.2, 0) is 4.79 Å². The zero-order valence-electron chi connectivity index (χ0n) is 16.4. The first kappa shape index (κ1) is 20.2. The molecule has 0 aliphatic carbocycles. The number of carbonyl (C=O) groups is 1. The van der Waals surface area contributed by atoms with Gasteiger partial charge in [0.05, 0.1) is 30.3 Å². The lowest BCUT2D eigenvalue weighted by Crippen LogP contribution is -2.24. The minimum atomic E-state index is -0.459. The second-order valence-electron chi connectivity index (χ2n) is 6.76. The molecule has 0 saturated carbocycles. The predicted octanol–water partition coefficient (Wildman–Crippen LogP) is 4.46. The summed E-state index contributed by atoms with van der Waals surface area (Å²) in [6.45, 7) is 2.73. The molecule has 1 aromatic heterocycles. The van der Waals surface area contributed by atoms with Gasteiger partial charge in [-0.3, -0.25) is 4.79 Å². The van der Waals surface area contributed by atoms with E-state index in [0.717, 1.165) is 0 Å². The van der Waals surface area contributed by atoms with E-state index in [1.54, 1.807) is 19.2 Å². The minimum Gasteiger partial charge on any atom is -0.493 e. The van der Waals surface area contributed by atoms with Crippen molar-refractivity contribution in [1.82, 2.24) is 10.1 Å². The molecule has 0 bridgehead atoms. The maximum Gasteiger partial charge on any atom is 0.232 e. The predicted molar refractivity (Wildman–Crippen MR) is 109 cm³/mol. The Labute approximate surface area is 177 Å². The number of hydrogen-bond acceptors (Lipinski definition) is 6. The molecular weight excluding hydrogens is 413 g/mol. The van der Waals surface area contributed by atoms with Crippen LogP contribution >= 0.6 is 11.6 Å². The summed E-state index contributed by atoms with van der Waals surface area (Å²) in [6, 6.07) is 9.30. The molecule has 3 aromatic rings.